The molecule has 0 saturated heterocycles. The van der Waals surface area contributed by atoms with Gasteiger partial charge in [-0.1, -0.05) is 0 Å². The zero-order valence-corrected chi connectivity index (χ0v) is 6.68. The van der Waals surface area contributed by atoms with E-state index in [0.29, 0.717) is 5.75 Å². The molecule has 2 heterocycles. The molecular formula is C7H7N3S. The molecule has 0 aliphatic rings. The summed E-state index contributed by atoms with van der Waals surface area (Å²) in [5.74, 6) is 0.669. The molecule has 0 aliphatic carbocycles. The molecule has 1 N–H and O–H groups in total. The molecule has 0 bridgehead atoms. The highest BCUT2D eigenvalue weighted by Gasteiger charge is 2.01. The molecule has 0 unspecified atom stereocenters. The average Bonchev–Trinajstić information content (AvgIpc) is 2.47. The highest BCUT2D eigenvalue weighted by atomic mass is 32.1. The van der Waals surface area contributed by atoms with Crippen molar-refractivity contribution in [3.63, 3.8) is 0 Å². The van der Waals surface area contributed by atoms with Gasteiger partial charge in [-0.25, -0.2) is 4.98 Å². The summed E-state index contributed by atoms with van der Waals surface area (Å²) in [4.78, 5) is 4.07. The van der Waals surface area contributed by atoms with E-state index in [2.05, 4.69) is 27.8 Å². The monoisotopic (exact) mass is 165 g/mol. The van der Waals surface area contributed by atoms with E-state index >= 15 is 0 Å². The van der Waals surface area contributed by atoms with E-state index in [1.165, 1.54) is 0 Å². The van der Waals surface area contributed by atoms with Crippen molar-refractivity contribution < 1.29 is 0 Å². The van der Waals surface area contributed by atoms with Gasteiger partial charge >= 0.3 is 0 Å². The fourth-order valence-corrected chi connectivity index (χ4v) is 1.26. The molecule has 0 amide bonds. The second-order valence-electron chi connectivity index (χ2n) is 2.23. The van der Waals surface area contributed by atoms with Crippen molar-refractivity contribution in [2.75, 3.05) is 0 Å². The summed E-state index contributed by atoms with van der Waals surface area (Å²) in [6.45, 7) is 0. The first-order valence-electron chi connectivity index (χ1n) is 3.30. The van der Waals surface area contributed by atoms with Crippen molar-refractivity contribution in [1.82, 2.24) is 15.2 Å². The first-order valence-corrected chi connectivity index (χ1v) is 3.94. The number of rotatable bonds is 1. The number of hydrogen-bond acceptors (Lipinski definition) is 3. The van der Waals surface area contributed by atoms with Crippen LogP contribution in [-0.2, 0) is 5.75 Å². The maximum Gasteiger partial charge on any atom is 0.181 e. The Hall–Kier alpha value is -1.03. The second-order valence-corrected chi connectivity index (χ2v) is 2.55. The molecule has 0 saturated carbocycles. The van der Waals surface area contributed by atoms with Crippen LogP contribution in [0.25, 0.3) is 11.0 Å². The molecule has 4 heteroatoms. The number of nitrogens with one attached hydrogen (secondary N) is 1. The van der Waals surface area contributed by atoms with Crippen LogP contribution in [0.2, 0.25) is 0 Å². The van der Waals surface area contributed by atoms with Gasteiger partial charge in [-0.3, -0.25) is 5.10 Å². The van der Waals surface area contributed by atoms with Gasteiger partial charge in [0.1, 0.15) is 0 Å². The number of nitrogens with zero attached hydrogens (tertiary/aromatic N) is 2. The third-order valence-corrected chi connectivity index (χ3v) is 1.88. The molecule has 0 atom stereocenters. The van der Waals surface area contributed by atoms with Crippen LogP contribution in [0.5, 0.6) is 0 Å². The Labute approximate surface area is 69.2 Å². The first kappa shape index (κ1) is 6.67. The van der Waals surface area contributed by atoms with Gasteiger partial charge in [0.25, 0.3) is 0 Å². The molecule has 0 radical (unpaired) electrons. The van der Waals surface area contributed by atoms with E-state index < -0.39 is 0 Å². The lowest BCUT2D eigenvalue weighted by atomic mass is 10.3. The van der Waals surface area contributed by atoms with Crippen LogP contribution in [0, 0.1) is 0 Å². The maximum atomic E-state index is 4.15. The normalized spacial score (nSPS) is 10.6. The largest absolute Gasteiger partial charge is 0.279 e. The van der Waals surface area contributed by atoms with E-state index in [0.717, 1.165) is 16.7 Å². The highest BCUT2D eigenvalue weighted by molar-refractivity contribution is 7.79. The Morgan fingerprint density at radius 2 is 2.45 bits per heavy atom. The second kappa shape index (κ2) is 2.54. The molecule has 11 heavy (non-hydrogen) atoms. The van der Waals surface area contributed by atoms with Gasteiger partial charge in [0.05, 0.1) is 5.69 Å². The Kier molecular flexibility index (Phi) is 1.54. The van der Waals surface area contributed by atoms with Gasteiger partial charge in [-0.05, 0) is 12.1 Å². The zero-order chi connectivity index (χ0) is 7.68. The van der Waals surface area contributed by atoms with Crippen LogP contribution >= 0.6 is 12.6 Å². The Bertz CT molecular complexity index is 368. The van der Waals surface area contributed by atoms with Crippen molar-refractivity contribution in [2.24, 2.45) is 0 Å². The number of fused-ring (bicyclic) bond motifs is 1. The van der Waals surface area contributed by atoms with Crippen LogP contribution in [0.4, 0.5) is 0 Å². The standard InChI is InChI=1S/C7H7N3S/c11-4-6-5-2-1-3-8-7(5)10-9-6/h1-3,11H,4H2,(H,8,9,10). The lowest BCUT2D eigenvalue weighted by molar-refractivity contribution is 1.05. The summed E-state index contributed by atoms with van der Waals surface area (Å²) in [6.07, 6.45) is 1.73. The third-order valence-electron chi connectivity index (χ3n) is 1.57. The van der Waals surface area contributed by atoms with Crippen LogP contribution in [0.1, 0.15) is 5.69 Å². The number of pyridine rings is 1. The maximum absolute atomic E-state index is 4.15. The van der Waals surface area contributed by atoms with Crippen molar-refractivity contribution >= 4 is 23.7 Å². The molecule has 0 aromatic carbocycles. The minimum Gasteiger partial charge on any atom is -0.279 e. The van der Waals surface area contributed by atoms with Crippen molar-refractivity contribution in [3.05, 3.63) is 24.0 Å². The van der Waals surface area contributed by atoms with E-state index in [1.54, 1.807) is 6.20 Å². The van der Waals surface area contributed by atoms with Gasteiger partial charge in [0.2, 0.25) is 0 Å². The molecule has 0 aliphatic heterocycles. The minimum absolute atomic E-state index is 0.669. The smallest absolute Gasteiger partial charge is 0.181 e. The minimum atomic E-state index is 0.669. The van der Waals surface area contributed by atoms with Crippen LogP contribution in [0.3, 0.4) is 0 Å². The fraction of sp³-hybridized carbons (Fsp3) is 0.143. The summed E-state index contributed by atoms with van der Waals surface area (Å²) in [7, 11) is 0. The predicted molar refractivity (Wildman–Crippen MR) is 46.6 cm³/mol. The topological polar surface area (TPSA) is 41.6 Å². The summed E-state index contributed by atoms with van der Waals surface area (Å²) >= 11 is 4.15. The molecular weight excluding hydrogens is 158 g/mol. The Morgan fingerprint density at radius 3 is 3.27 bits per heavy atom. The van der Waals surface area contributed by atoms with Crippen molar-refractivity contribution in [1.29, 1.82) is 0 Å². The quantitative estimate of drug-likeness (QED) is 0.627. The van der Waals surface area contributed by atoms with E-state index in [1.807, 2.05) is 12.1 Å². The molecule has 2 aromatic rings. The van der Waals surface area contributed by atoms with Crippen molar-refractivity contribution in [2.45, 2.75) is 5.75 Å². The number of aromatic nitrogens is 3. The molecule has 56 valence electrons. The van der Waals surface area contributed by atoms with Crippen LogP contribution in [-0.4, -0.2) is 15.2 Å². The zero-order valence-electron chi connectivity index (χ0n) is 5.78. The average molecular weight is 165 g/mol. The molecule has 2 aromatic heterocycles. The van der Waals surface area contributed by atoms with Crippen molar-refractivity contribution in [3.8, 4) is 0 Å². The number of thiol groups is 1. The lowest BCUT2D eigenvalue weighted by Crippen LogP contribution is -1.76. The number of aromatic amines is 1. The predicted octanol–water partition coefficient (Wildman–Crippen LogP) is 1.39. The summed E-state index contributed by atoms with van der Waals surface area (Å²) in [5.41, 5.74) is 1.79. The highest BCUT2D eigenvalue weighted by Crippen LogP contribution is 2.13. The molecule has 2 rings (SSSR count). The van der Waals surface area contributed by atoms with Gasteiger partial charge in [0, 0.05) is 17.3 Å². The number of H-pyrrole nitrogens is 1. The third kappa shape index (κ3) is 0.991. The summed E-state index contributed by atoms with van der Waals surface area (Å²) < 4.78 is 0. The first-order chi connectivity index (χ1) is 5.42. The van der Waals surface area contributed by atoms with Gasteiger partial charge < -0.3 is 0 Å². The molecule has 0 fully saturated rings. The van der Waals surface area contributed by atoms with Crippen LogP contribution < -0.4 is 0 Å². The Morgan fingerprint density at radius 1 is 1.55 bits per heavy atom. The number of hydrogen-bond donors (Lipinski definition) is 2. The lowest BCUT2D eigenvalue weighted by Gasteiger charge is -1.87. The fourth-order valence-electron chi connectivity index (χ4n) is 1.02. The van der Waals surface area contributed by atoms with Gasteiger partial charge in [-0.15, -0.1) is 0 Å². The van der Waals surface area contributed by atoms with Gasteiger partial charge in [0.15, 0.2) is 5.65 Å². The SMILES string of the molecule is SCc1[nH]nc2ncccc12. The summed E-state index contributed by atoms with van der Waals surface area (Å²) in [5, 5.41) is 7.94. The van der Waals surface area contributed by atoms with Gasteiger partial charge in [-0.2, -0.15) is 17.7 Å². The Balaban J connectivity index is 2.76. The summed E-state index contributed by atoms with van der Waals surface area (Å²) in [6, 6.07) is 3.88. The molecule has 0 spiro atoms. The van der Waals surface area contributed by atoms with Crippen LogP contribution in [0.15, 0.2) is 18.3 Å². The molecule has 3 nitrogen and oxygen atoms in total. The van der Waals surface area contributed by atoms with E-state index in [4.69, 9.17) is 0 Å². The van der Waals surface area contributed by atoms with E-state index in [-0.39, 0.29) is 0 Å². The van der Waals surface area contributed by atoms with E-state index in [9.17, 15) is 0 Å².